The van der Waals surface area contributed by atoms with E-state index in [1.165, 1.54) is 7.11 Å². The van der Waals surface area contributed by atoms with E-state index in [9.17, 15) is 5.11 Å². The Balaban J connectivity index is 3.42. The van der Waals surface area contributed by atoms with Gasteiger partial charge in [0.2, 0.25) is 5.75 Å². The van der Waals surface area contributed by atoms with Crippen molar-refractivity contribution in [2.75, 3.05) is 7.11 Å². The van der Waals surface area contributed by atoms with Crippen molar-refractivity contribution in [2.45, 2.75) is 0 Å². The third-order valence-electron chi connectivity index (χ3n) is 1.33. The first kappa shape index (κ1) is 9.29. The van der Waals surface area contributed by atoms with E-state index in [-0.39, 0.29) is 21.5 Å². The first-order valence-corrected chi connectivity index (χ1v) is 3.77. The highest BCUT2D eigenvalue weighted by atomic mass is 35.5. The summed E-state index contributed by atoms with van der Waals surface area (Å²) in [4.78, 5) is 0. The Morgan fingerprint density at radius 1 is 1.33 bits per heavy atom. The van der Waals surface area contributed by atoms with Crippen molar-refractivity contribution in [3.05, 3.63) is 16.1 Å². The minimum Gasteiger partial charge on any atom is -0.504 e. The number of halogens is 2. The first-order valence-electron chi connectivity index (χ1n) is 3.01. The molecule has 0 heterocycles. The van der Waals surface area contributed by atoms with Crippen LogP contribution >= 0.6 is 23.2 Å². The quantitative estimate of drug-likeness (QED) is 0.698. The van der Waals surface area contributed by atoms with Gasteiger partial charge in [-0.15, -0.1) is 0 Å². The van der Waals surface area contributed by atoms with Crippen LogP contribution in [-0.4, -0.2) is 17.3 Å². The first-order chi connectivity index (χ1) is 5.57. The predicted molar refractivity (Wildman–Crippen MR) is 46.3 cm³/mol. The number of hydrogen-bond donors (Lipinski definition) is 2. The molecule has 0 spiro atoms. The molecule has 0 saturated heterocycles. The molecule has 12 heavy (non-hydrogen) atoms. The highest BCUT2D eigenvalue weighted by molar-refractivity contribution is 6.43. The maximum atomic E-state index is 9.18. The maximum absolute atomic E-state index is 9.18. The fraction of sp³-hybridized carbons (Fsp3) is 0.143. The van der Waals surface area contributed by atoms with Crippen LogP contribution in [0, 0.1) is 0 Å². The standard InChI is InChI=1S/C7H6Cl2O3/c1-12-7-5(9)3(8)2-4(10)6(7)11/h2,10-11H,1H3. The Hall–Kier alpha value is -0.800. The molecule has 0 bridgehead atoms. The Morgan fingerprint density at radius 2 is 1.92 bits per heavy atom. The molecule has 1 aromatic rings. The number of aromatic hydroxyl groups is 2. The summed E-state index contributed by atoms with van der Waals surface area (Å²) in [6, 6.07) is 1.14. The molecule has 0 fully saturated rings. The molecular formula is C7H6Cl2O3. The second kappa shape index (κ2) is 3.29. The van der Waals surface area contributed by atoms with Gasteiger partial charge in [-0.1, -0.05) is 23.2 Å². The van der Waals surface area contributed by atoms with Crippen LogP contribution in [-0.2, 0) is 0 Å². The fourth-order valence-electron chi connectivity index (χ4n) is 0.767. The molecule has 66 valence electrons. The molecule has 0 aliphatic heterocycles. The lowest BCUT2D eigenvalue weighted by atomic mass is 10.3. The Kier molecular flexibility index (Phi) is 2.55. The van der Waals surface area contributed by atoms with E-state index in [0.717, 1.165) is 6.07 Å². The van der Waals surface area contributed by atoms with E-state index < -0.39 is 5.75 Å². The van der Waals surface area contributed by atoms with Crippen LogP contribution in [0.15, 0.2) is 6.07 Å². The molecule has 5 heteroatoms. The van der Waals surface area contributed by atoms with Gasteiger partial charge in [-0.05, 0) is 0 Å². The van der Waals surface area contributed by atoms with Crippen LogP contribution < -0.4 is 4.74 Å². The third kappa shape index (κ3) is 1.38. The molecule has 0 atom stereocenters. The van der Waals surface area contributed by atoms with Gasteiger partial charge < -0.3 is 14.9 Å². The number of benzene rings is 1. The highest BCUT2D eigenvalue weighted by Crippen LogP contribution is 2.44. The van der Waals surface area contributed by atoms with Crippen LogP contribution in [0.5, 0.6) is 17.2 Å². The molecule has 0 saturated carbocycles. The number of ether oxygens (including phenoxy) is 1. The molecule has 2 N–H and O–H groups in total. The lowest BCUT2D eigenvalue weighted by Gasteiger charge is -2.07. The largest absolute Gasteiger partial charge is 0.504 e. The number of hydrogen-bond acceptors (Lipinski definition) is 3. The van der Waals surface area contributed by atoms with Crippen LogP contribution in [0.4, 0.5) is 0 Å². The summed E-state index contributed by atoms with van der Waals surface area (Å²) in [5, 5.41) is 18.5. The summed E-state index contributed by atoms with van der Waals surface area (Å²) in [7, 11) is 1.32. The van der Waals surface area contributed by atoms with Gasteiger partial charge in [0.15, 0.2) is 11.5 Å². The summed E-state index contributed by atoms with van der Waals surface area (Å²) < 4.78 is 4.71. The van der Waals surface area contributed by atoms with E-state index in [4.69, 9.17) is 33.0 Å². The van der Waals surface area contributed by atoms with Crippen LogP contribution in [0.2, 0.25) is 10.0 Å². The van der Waals surface area contributed by atoms with Crippen LogP contribution in [0.25, 0.3) is 0 Å². The van der Waals surface area contributed by atoms with E-state index >= 15 is 0 Å². The van der Waals surface area contributed by atoms with Crippen molar-refractivity contribution >= 4 is 23.2 Å². The summed E-state index contributed by atoms with van der Waals surface area (Å²) in [6.45, 7) is 0. The fourth-order valence-corrected chi connectivity index (χ4v) is 1.18. The van der Waals surface area contributed by atoms with E-state index in [0.29, 0.717) is 0 Å². The van der Waals surface area contributed by atoms with Gasteiger partial charge in [-0.2, -0.15) is 0 Å². The number of phenols is 2. The summed E-state index contributed by atoms with van der Waals surface area (Å²) in [5.41, 5.74) is 0. The average molecular weight is 209 g/mol. The molecule has 0 radical (unpaired) electrons. The van der Waals surface area contributed by atoms with Gasteiger partial charge in [0.05, 0.1) is 12.1 Å². The predicted octanol–water partition coefficient (Wildman–Crippen LogP) is 2.41. The number of phenolic OH excluding ortho intramolecular Hbond substituents is 2. The maximum Gasteiger partial charge on any atom is 0.202 e. The van der Waals surface area contributed by atoms with Crippen molar-refractivity contribution in [3.8, 4) is 17.2 Å². The van der Waals surface area contributed by atoms with Crippen molar-refractivity contribution < 1.29 is 14.9 Å². The molecular weight excluding hydrogens is 203 g/mol. The normalized spacial score (nSPS) is 9.92. The van der Waals surface area contributed by atoms with Gasteiger partial charge in [0, 0.05) is 6.07 Å². The molecule has 3 nitrogen and oxygen atoms in total. The summed E-state index contributed by atoms with van der Waals surface area (Å²) >= 11 is 11.2. The smallest absolute Gasteiger partial charge is 0.202 e. The van der Waals surface area contributed by atoms with Gasteiger partial charge in [0.25, 0.3) is 0 Å². The number of rotatable bonds is 1. The van der Waals surface area contributed by atoms with Crippen molar-refractivity contribution in [1.29, 1.82) is 0 Å². The van der Waals surface area contributed by atoms with E-state index in [1.54, 1.807) is 0 Å². The minimum atomic E-state index is -0.410. The summed E-state index contributed by atoms with van der Waals surface area (Å²) in [5.74, 6) is -0.796. The van der Waals surface area contributed by atoms with Crippen molar-refractivity contribution in [2.24, 2.45) is 0 Å². The zero-order valence-electron chi connectivity index (χ0n) is 6.14. The summed E-state index contributed by atoms with van der Waals surface area (Å²) in [6.07, 6.45) is 0. The molecule has 1 aromatic carbocycles. The zero-order valence-corrected chi connectivity index (χ0v) is 7.65. The Bertz CT molecular complexity index is 286. The lowest BCUT2D eigenvalue weighted by Crippen LogP contribution is -1.86. The second-order valence-corrected chi connectivity index (χ2v) is 2.86. The van der Waals surface area contributed by atoms with Gasteiger partial charge >= 0.3 is 0 Å². The third-order valence-corrected chi connectivity index (χ3v) is 2.10. The van der Waals surface area contributed by atoms with E-state index in [2.05, 4.69) is 0 Å². The zero-order chi connectivity index (χ0) is 9.30. The Labute approximate surface area is 79.1 Å². The molecule has 0 aliphatic rings. The van der Waals surface area contributed by atoms with Crippen molar-refractivity contribution in [1.82, 2.24) is 0 Å². The SMILES string of the molecule is COc1c(O)c(O)cc(Cl)c1Cl. The second-order valence-electron chi connectivity index (χ2n) is 2.07. The molecule has 0 amide bonds. The van der Waals surface area contributed by atoms with Crippen LogP contribution in [0.1, 0.15) is 0 Å². The highest BCUT2D eigenvalue weighted by Gasteiger charge is 2.15. The van der Waals surface area contributed by atoms with Gasteiger partial charge in [-0.3, -0.25) is 0 Å². The number of methoxy groups -OCH3 is 1. The average Bonchev–Trinajstić information content (AvgIpc) is 2.02. The molecule has 0 unspecified atom stereocenters. The van der Waals surface area contributed by atoms with Crippen LogP contribution in [0.3, 0.4) is 0 Å². The van der Waals surface area contributed by atoms with Gasteiger partial charge in [0.1, 0.15) is 5.02 Å². The lowest BCUT2D eigenvalue weighted by molar-refractivity contribution is 0.351. The molecule has 0 aliphatic carbocycles. The van der Waals surface area contributed by atoms with E-state index in [1.807, 2.05) is 0 Å². The molecule has 1 rings (SSSR count). The van der Waals surface area contributed by atoms with Gasteiger partial charge in [-0.25, -0.2) is 0 Å². The topological polar surface area (TPSA) is 49.7 Å². The Morgan fingerprint density at radius 3 is 2.42 bits per heavy atom. The monoisotopic (exact) mass is 208 g/mol. The van der Waals surface area contributed by atoms with Crippen molar-refractivity contribution in [3.63, 3.8) is 0 Å². The minimum absolute atomic E-state index is 0.0262. The molecule has 0 aromatic heterocycles.